The summed E-state index contributed by atoms with van der Waals surface area (Å²) in [6.45, 7) is 10.7. The van der Waals surface area contributed by atoms with Crippen molar-refractivity contribution in [2.75, 3.05) is 0 Å². The van der Waals surface area contributed by atoms with Crippen LogP contribution in [0.5, 0.6) is 0 Å². The Labute approximate surface area is 66.1 Å². The van der Waals surface area contributed by atoms with E-state index in [2.05, 4.69) is 34.6 Å². The van der Waals surface area contributed by atoms with E-state index < -0.39 is 0 Å². The third-order valence-electron chi connectivity index (χ3n) is 1.94. The molecule has 0 unspecified atom stereocenters. The lowest BCUT2D eigenvalue weighted by Gasteiger charge is -2.14. The van der Waals surface area contributed by atoms with Crippen LogP contribution >= 0.6 is 0 Å². The van der Waals surface area contributed by atoms with E-state index in [0.29, 0.717) is 11.8 Å². The molecule has 0 amide bonds. The molecule has 0 saturated carbocycles. The highest BCUT2D eigenvalue weighted by Crippen LogP contribution is 2.17. The van der Waals surface area contributed by atoms with Gasteiger partial charge in [0.15, 0.2) is 0 Å². The van der Waals surface area contributed by atoms with E-state index in [0.717, 1.165) is 5.47 Å². The monoisotopic (exact) mass is 136 g/mol. The van der Waals surface area contributed by atoms with Crippen LogP contribution in [-0.4, -0.2) is 7.85 Å². The lowest BCUT2D eigenvalue weighted by molar-refractivity contribution is 0.720. The minimum Gasteiger partial charge on any atom is -0.116 e. The molecule has 0 fully saturated rings. The molecule has 0 aromatic carbocycles. The van der Waals surface area contributed by atoms with E-state index in [9.17, 15) is 0 Å². The van der Waals surface area contributed by atoms with Crippen LogP contribution in [0.25, 0.3) is 0 Å². The van der Waals surface area contributed by atoms with E-state index >= 15 is 0 Å². The van der Waals surface area contributed by atoms with Crippen molar-refractivity contribution in [1.29, 1.82) is 0 Å². The van der Waals surface area contributed by atoms with Crippen molar-refractivity contribution < 1.29 is 0 Å². The zero-order valence-corrected chi connectivity index (χ0v) is 7.73. The zero-order chi connectivity index (χ0) is 8.31. The molecule has 0 atom stereocenters. The fourth-order valence-corrected chi connectivity index (χ4v) is 0.789. The van der Waals surface area contributed by atoms with Gasteiger partial charge >= 0.3 is 0 Å². The van der Waals surface area contributed by atoms with Gasteiger partial charge in [-0.2, -0.15) is 0 Å². The van der Waals surface area contributed by atoms with Gasteiger partial charge in [-0.3, -0.25) is 0 Å². The Morgan fingerprint density at radius 1 is 1.00 bits per heavy atom. The molecule has 10 heavy (non-hydrogen) atoms. The van der Waals surface area contributed by atoms with Crippen molar-refractivity contribution in [3.63, 3.8) is 0 Å². The van der Waals surface area contributed by atoms with Gasteiger partial charge in [-0.25, -0.2) is 0 Å². The largest absolute Gasteiger partial charge is 0.116 e. The second kappa shape index (κ2) is 3.85. The highest BCUT2D eigenvalue weighted by molar-refractivity contribution is 6.22. The van der Waals surface area contributed by atoms with Crippen molar-refractivity contribution in [2.24, 2.45) is 11.8 Å². The van der Waals surface area contributed by atoms with Gasteiger partial charge in [-0.1, -0.05) is 33.3 Å². The van der Waals surface area contributed by atoms with Crippen LogP contribution in [0.15, 0.2) is 11.0 Å². The second-order valence-corrected chi connectivity index (χ2v) is 3.45. The van der Waals surface area contributed by atoms with Gasteiger partial charge < -0.3 is 0 Å². The predicted molar refractivity (Wildman–Crippen MR) is 48.1 cm³/mol. The normalized spacial score (nSPS) is 14.3. The molecule has 0 saturated heterocycles. The summed E-state index contributed by atoms with van der Waals surface area (Å²) in [6, 6.07) is 0. The fourth-order valence-electron chi connectivity index (χ4n) is 0.789. The molecule has 2 radical (unpaired) electrons. The summed E-state index contributed by atoms with van der Waals surface area (Å²) >= 11 is 0. The second-order valence-electron chi connectivity index (χ2n) is 3.45. The number of hydrogen-bond donors (Lipinski definition) is 0. The number of allylic oxidation sites excluding steroid dienone is 2. The molecule has 1 heteroatoms. The number of rotatable bonds is 2. The van der Waals surface area contributed by atoms with Gasteiger partial charge in [0.05, 0.1) is 0 Å². The minimum absolute atomic E-state index is 0.488. The molecular formula is C9H17B. The highest BCUT2D eigenvalue weighted by Gasteiger charge is 2.03. The highest BCUT2D eigenvalue weighted by atomic mass is 14.1. The third-order valence-corrected chi connectivity index (χ3v) is 1.94. The third kappa shape index (κ3) is 2.59. The van der Waals surface area contributed by atoms with E-state index in [1.165, 1.54) is 5.57 Å². The van der Waals surface area contributed by atoms with Crippen molar-refractivity contribution in [3.8, 4) is 0 Å². The van der Waals surface area contributed by atoms with Crippen LogP contribution in [0, 0.1) is 11.8 Å². The predicted octanol–water partition coefficient (Wildman–Crippen LogP) is 2.74. The Hall–Kier alpha value is -0.195. The standard InChI is InChI=1S/C9H17B/c1-6(2)8(5)9(10)7(3)4/h6-7H,1-5H3. The van der Waals surface area contributed by atoms with Crippen molar-refractivity contribution in [1.82, 2.24) is 0 Å². The summed E-state index contributed by atoms with van der Waals surface area (Å²) in [5, 5.41) is 0. The molecule has 0 aliphatic carbocycles. The van der Waals surface area contributed by atoms with Gasteiger partial charge in [0.2, 0.25) is 0 Å². The topological polar surface area (TPSA) is 0 Å². The molecule has 0 N–H and O–H groups in total. The van der Waals surface area contributed by atoms with E-state index in [1.54, 1.807) is 0 Å². The average Bonchev–Trinajstić information content (AvgIpc) is 1.84. The molecule has 0 aromatic heterocycles. The molecule has 56 valence electrons. The van der Waals surface area contributed by atoms with Gasteiger partial charge in [0.1, 0.15) is 7.85 Å². The number of hydrogen-bond acceptors (Lipinski definition) is 0. The van der Waals surface area contributed by atoms with Crippen molar-refractivity contribution in [3.05, 3.63) is 11.0 Å². The Morgan fingerprint density at radius 3 is 1.50 bits per heavy atom. The van der Waals surface area contributed by atoms with Gasteiger partial charge in [-0.05, 0) is 18.8 Å². The van der Waals surface area contributed by atoms with Gasteiger partial charge in [0, 0.05) is 0 Å². The minimum atomic E-state index is 0.488. The summed E-state index contributed by atoms with van der Waals surface area (Å²) in [4.78, 5) is 0. The maximum Gasteiger partial charge on any atom is 0.108 e. The van der Waals surface area contributed by atoms with Crippen LogP contribution in [-0.2, 0) is 0 Å². The molecule has 0 aromatic rings. The van der Waals surface area contributed by atoms with Gasteiger partial charge in [0.25, 0.3) is 0 Å². The summed E-state index contributed by atoms with van der Waals surface area (Å²) in [6.07, 6.45) is 0. The molecular weight excluding hydrogens is 119 g/mol. The Bertz CT molecular complexity index is 116. The van der Waals surface area contributed by atoms with E-state index in [1.807, 2.05) is 0 Å². The van der Waals surface area contributed by atoms with E-state index in [-0.39, 0.29) is 0 Å². The Balaban J connectivity index is 4.34. The zero-order valence-electron chi connectivity index (χ0n) is 7.73. The summed E-state index contributed by atoms with van der Waals surface area (Å²) in [5.74, 6) is 1.07. The SMILES string of the molecule is [B]C(=C(C)C(C)C)C(C)C. The summed E-state index contributed by atoms with van der Waals surface area (Å²) in [7, 11) is 5.84. The molecule has 0 aliphatic rings. The first-order valence-corrected chi connectivity index (χ1v) is 3.93. The van der Waals surface area contributed by atoms with Gasteiger partial charge in [-0.15, -0.1) is 5.47 Å². The van der Waals surface area contributed by atoms with Crippen LogP contribution in [0.2, 0.25) is 0 Å². The first-order chi connectivity index (χ1) is 4.46. The molecule has 0 heterocycles. The van der Waals surface area contributed by atoms with Crippen molar-refractivity contribution in [2.45, 2.75) is 34.6 Å². The first-order valence-electron chi connectivity index (χ1n) is 3.93. The van der Waals surface area contributed by atoms with Crippen LogP contribution in [0.4, 0.5) is 0 Å². The molecule has 0 rings (SSSR count). The fraction of sp³-hybridized carbons (Fsp3) is 0.778. The lowest BCUT2D eigenvalue weighted by Crippen LogP contribution is -2.01. The lowest BCUT2D eigenvalue weighted by atomic mass is 9.79. The quantitative estimate of drug-likeness (QED) is 0.512. The van der Waals surface area contributed by atoms with Crippen molar-refractivity contribution >= 4 is 7.85 Å². The smallest absolute Gasteiger partial charge is 0.108 e. The summed E-state index contributed by atoms with van der Waals surface area (Å²) < 4.78 is 0. The maximum absolute atomic E-state index is 5.84. The van der Waals surface area contributed by atoms with Crippen LogP contribution < -0.4 is 0 Å². The van der Waals surface area contributed by atoms with E-state index in [4.69, 9.17) is 7.85 Å². The molecule has 0 nitrogen and oxygen atoms in total. The molecule has 0 aliphatic heterocycles. The first kappa shape index (κ1) is 9.80. The Kier molecular flexibility index (Phi) is 3.77. The average molecular weight is 136 g/mol. The van der Waals surface area contributed by atoms with Crippen LogP contribution in [0.3, 0.4) is 0 Å². The van der Waals surface area contributed by atoms with Crippen LogP contribution in [0.1, 0.15) is 34.6 Å². The maximum atomic E-state index is 5.84. The summed E-state index contributed by atoms with van der Waals surface area (Å²) in [5.41, 5.74) is 2.38. The molecule has 0 spiro atoms. The Morgan fingerprint density at radius 2 is 1.40 bits per heavy atom. The molecule has 0 bridgehead atoms.